The van der Waals surface area contributed by atoms with Crippen LogP contribution in [0.1, 0.15) is 5.56 Å². The summed E-state index contributed by atoms with van der Waals surface area (Å²) in [5.41, 5.74) is 1.85. The van der Waals surface area contributed by atoms with Crippen molar-refractivity contribution in [1.29, 1.82) is 0 Å². The van der Waals surface area contributed by atoms with E-state index in [-0.39, 0.29) is 12.5 Å². The highest BCUT2D eigenvalue weighted by molar-refractivity contribution is 9.10. The highest BCUT2D eigenvalue weighted by Gasteiger charge is 2.06. The third-order valence-corrected chi connectivity index (χ3v) is 2.86. The summed E-state index contributed by atoms with van der Waals surface area (Å²) in [7, 11) is 0. The van der Waals surface area contributed by atoms with Crippen LogP contribution in [0.25, 0.3) is 0 Å². The second-order valence-electron chi connectivity index (χ2n) is 3.62. The van der Waals surface area contributed by atoms with Gasteiger partial charge in [0.1, 0.15) is 19.2 Å². The van der Waals surface area contributed by atoms with Gasteiger partial charge in [-0.3, -0.25) is 4.79 Å². The molecule has 0 saturated carbocycles. The van der Waals surface area contributed by atoms with Crippen LogP contribution >= 0.6 is 15.9 Å². The summed E-state index contributed by atoms with van der Waals surface area (Å²) in [5, 5.41) is 6.69. The first-order valence-corrected chi connectivity index (χ1v) is 5.83. The van der Waals surface area contributed by atoms with Crippen molar-refractivity contribution in [3.63, 3.8) is 0 Å². The van der Waals surface area contributed by atoms with Crippen molar-refractivity contribution in [3.8, 4) is 0 Å². The summed E-state index contributed by atoms with van der Waals surface area (Å²) in [6.07, 6.45) is 2.90. The van der Waals surface area contributed by atoms with Crippen molar-refractivity contribution >= 4 is 27.5 Å². The molecule has 0 aliphatic carbocycles. The largest absolute Gasteiger partial charge is 0.323 e. The third kappa shape index (κ3) is 3.13. The van der Waals surface area contributed by atoms with Gasteiger partial charge in [0.05, 0.1) is 5.69 Å². The second kappa shape index (κ2) is 5.09. The number of amides is 1. The van der Waals surface area contributed by atoms with Crippen LogP contribution in [0, 0.1) is 6.92 Å². The number of anilines is 1. The molecular formula is C11H11BrN4O. The van der Waals surface area contributed by atoms with E-state index in [0.717, 1.165) is 15.7 Å². The molecule has 1 aromatic heterocycles. The first-order valence-electron chi connectivity index (χ1n) is 5.03. The number of hydrogen-bond donors (Lipinski definition) is 1. The molecule has 0 unspecified atom stereocenters. The number of nitrogens with one attached hydrogen (secondary N) is 1. The lowest BCUT2D eigenvalue weighted by atomic mass is 10.2. The summed E-state index contributed by atoms with van der Waals surface area (Å²) in [5.74, 6) is -0.137. The molecule has 0 spiro atoms. The zero-order valence-corrected chi connectivity index (χ0v) is 10.8. The van der Waals surface area contributed by atoms with Crippen LogP contribution in [0.2, 0.25) is 0 Å². The predicted molar refractivity (Wildman–Crippen MR) is 67.5 cm³/mol. The number of hydrogen-bond acceptors (Lipinski definition) is 3. The van der Waals surface area contributed by atoms with Crippen LogP contribution in [-0.4, -0.2) is 20.7 Å². The monoisotopic (exact) mass is 294 g/mol. The van der Waals surface area contributed by atoms with Crippen molar-refractivity contribution < 1.29 is 4.79 Å². The van der Waals surface area contributed by atoms with Crippen LogP contribution < -0.4 is 5.32 Å². The molecule has 0 aliphatic heterocycles. The number of carbonyl (C=O) groups excluding carboxylic acids is 1. The van der Waals surface area contributed by atoms with Gasteiger partial charge in [-0.05, 0) is 40.5 Å². The molecule has 17 heavy (non-hydrogen) atoms. The maximum atomic E-state index is 11.7. The molecule has 0 fully saturated rings. The van der Waals surface area contributed by atoms with Crippen LogP contribution in [-0.2, 0) is 11.3 Å². The van der Waals surface area contributed by atoms with E-state index in [1.807, 2.05) is 25.1 Å². The Kier molecular flexibility index (Phi) is 3.53. The normalized spacial score (nSPS) is 10.2. The smallest absolute Gasteiger partial charge is 0.246 e. The molecule has 0 aliphatic rings. The van der Waals surface area contributed by atoms with E-state index in [0.29, 0.717) is 0 Å². The van der Waals surface area contributed by atoms with Gasteiger partial charge in [-0.2, -0.15) is 5.10 Å². The number of carbonyl (C=O) groups is 1. The molecule has 1 N–H and O–H groups in total. The van der Waals surface area contributed by atoms with Gasteiger partial charge in [-0.15, -0.1) is 0 Å². The molecule has 1 amide bonds. The van der Waals surface area contributed by atoms with E-state index in [1.54, 1.807) is 0 Å². The highest BCUT2D eigenvalue weighted by Crippen LogP contribution is 2.23. The Balaban J connectivity index is 2.05. The summed E-state index contributed by atoms with van der Waals surface area (Å²) in [6, 6.07) is 5.78. The summed E-state index contributed by atoms with van der Waals surface area (Å²) >= 11 is 3.39. The maximum Gasteiger partial charge on any atom is 0.246 e. The first kappa shape index (κ1) is 11.8. The number of halogens is 1. The van der Waals surface area contributed by atoms with Gasteiger partial charge >= 0.3 is 0 Å². The second-order valence-corrected chi connectivity index (χ2v) is 4.48. The molecule has 1 aromatic carbocycles. The van der Waals surface area contributed by atoms with Gasteiger partial charge in [0.2, 0.25) is 5.91 Å². The zero-order valence-electron chi connectivity index (χ0n) is 9.22. The lowest BCUT2D eigenvalue weighted by molar-refractivity contribution is -0.116. The average molecular weight is 295 g/mol. The van der Waals surface area contributed by atoms with Crippen molar-refractivity contribution in [1.82, 2.24) is 14.8 Å². The minimum absolute atomic E-state index is 0.137. The fourth-order valence-electron chi connectivity index (χ4n) is 1.39. The number of benzene rings is 1. The minimum atomic E-state index is -0.137. The Morgan fingerprint density at radius 3 is 3.06 bits per heavy atom. The van der Waals surface area contributed by atoms with Crippen molar-refractivity contribution in [2.24, 2.45) is 0 Å². The van der Waals surface area contributed by atoms with Gasteiger partial charge in [0.25, 0.3) is 0 Å². The summed E-state index contributed by atoms with van der Waals surface area (Å²) < 4.78 is 2.33. The Hall–Kier alpha value is -1.69. The zero-order chi connectivity index (χ0) is 12.3. The first-order chi connectivity index (χ1) is 8.15. The maximum absolute atomic E-state index is 11.7. The van der Waals surface area contributed by atoms with Crippen molar-refractivity contribution in [2.75, 3.05) is 5.32 Å². The standard InChI is InChI=1S/C11H11BrN4O/c1-8-2-3-9(12)10(4-8)15-11(17)5-16-7-13-6-14-16/h2-4,6-7H,5H2,1H3,(H,15,17). The predicted octanol–water partition coefficient (Wildman–Crippen LogP) is 1.99. The van der Waals surface area contributed by atoms with E-state index in [2.05, 4.69) is 31.3 Å². The molecule has 0 atom stereocenters. The molecule has 0 bridgehead atoms. The summed E-state index contributed by atoms with van der Waals surface area (Å²) in [4.78, 5) is 15.5. The fourth-order valence-corrected chi connectivity index (χ4v) is 1.73. The summed E-state index contributed by atoms with van der Waals surface area (Å²) in [6.45, 7) is 2.12. The van der Waals surface area contributed by atoms with E-state index >= 15 is 0 Å². The van der Waals surface area contributed by atoms with Gasteiger partial charge in [-0.1, -0.05) is 6.07 Å². The van der Waals surface area contributed by atoms with E-state index in [9.17, 15) is 4.79 Å². The Labute approximate surface area is 107 Å². The highest BCUT2D eigenvalue weighted by atomic mass is 79.9. The molecule has 0 radical (unpaired) electrons. The molecule has 2 rings (SSSR count). The Morgan fingerprint density at radius 2 is 2.35 bits per heavy atom. The van der Waals surface area contributed by atoms with Crippen molar-refractivity contribution in [3.05, 3.63) is 40.9 Å². The topological polar surface area (TPSA) is 59.8 Å². The molecule has 0 saturated heterocycles. The van der Waals surface area contributed by atoms with Gasteiger partial charge < -0.3 is 5.32 Å². The molecule has 88 valence electrons. The molecular weight excluding hydrogens is 284 g/mol. The van der Waals surface area contributed by atoms with Crippen molar-refractivity contribution in [2.45, 2.75) is 13.5 Å². The Bertz CT molecular complexity index is 524. The van der Waals surface area contributed by atoms with E-state index in [4.69, 9.17) is 0 Å². The molecule has 2 aromatic rings. The average Bonchev–Trinajstić information content (AvgIpc) is 2.76. The van der Waals surface area contributed by atoms with Gasteiger partial charge in [0.15, 0.2) is 0 Å². The van der Waals surface area contributed by atoms with Crippen LogP contribution in [0.15, 0.2) is 35.3 Å². The Morgan fingerprint density at radius 1 is 1.53 bits per heavy atom. The lowest BCUT2D eigenvalue weighted by Gasteiger charge is -2.08. The van der Waals surface area contributed by atoms with E-state index < -0.39 is 0 Å². The number of nitrogens with zero attached hydrogens (tertiary/aromatic N) is 3. The quantitative estimate of drug-likeness (QED) is 0.942. The third-order valence-electron chi connectivity index (χ3n) is 2.17. The molecule has 1 heterocycles. The SMILES string of the molecule is Cc1ccc(Br)c(NC(=O)Cn2cncn2)c1. The van der Waals surface area contributed by atoms with Crippen LogP contribution in [0.3, 0.4) is 0 Å². The lowest BCUT2D eigenvalue weighted by Crippen LogP contribution is -2.19. The van der Waals surface area contributed by atoms with Gasteiger partial charge in [-0.25, -0.2) is 9.67 Å². The van der Waals surface area contributed by atoms with Gasteiger partial charge in [0, 0.05) is 4.47 Å². The minimum Gasteiger partial charge on any atom is -0.323 e. The van der Waals surface area contributed by atoms with Crippen LogP contribution in [0.5, 0.6) is 0 Å². The fraction of sp³-hybridized carbons (Fsp3) is 0.182. The van der Waals surface area contributed by atoms with E-state index in [1.165, 1.54) is 17.3 Å². The van der Waals surface area contributed by atoms with Crippen LogP contribution in [0.4, 0.5) is 5.69 Å². The number of aryl methyl sites for hydroxylation is 1. The number of rotatable bonds is 3. The number of aromatic nitrogens is 3. The molecule has 5 nitrogen and oxygen atoms in total. The molecule has 6 heteroatoms.